The van der Waals surface area contributed by atoms with Gasteiger partial charge in [-0.05, 0) is 86.3 Å². The lowest BCUT2D eigenvalue weighted by Crippen LogP contribution is -2.26. The number of nitrogens with one attached hydrogen (secondary N) is 3. The molecule has 3 N–H and O–H groups in total. The van der Waals surface area contributed by atoms with Crippen LogP contribution in [0.3, 0.4) is 0 Å². The predicted octanol–water partition coefficient (Wildman–Crippen LogP) is 5.91. The molecule has 5 nitrogen and oxygen atoms in total. The van der Waals surface area contributed by atoms with Crippen LogP contribution in [0.1, 0.15) is 40.2 Å². The van der Waals surface area contributed by atoms with Gasteiger partial charge >= 0.3 is 0 Å². The maximum absolute atomic E-state index is 13.0. The molecule has 0 aliphatic carbocycles. The lowest BCUT2D eigenvalue weighted by Gasteiger charge is -2.23. The van der Waals surface area contributed by atoms with Crippen molar-refractivity contribution >= 4 is 34.2 Å². The number of amides is 1. The van der Waals surface area contributed by atoms with Crippen LogP contribution in [0.25, 0.3) is 22.4 Å². The normalized spacial score (nSPS) is 14.6. The van der Waals surface area contributed by atoms with Gasteiger partial charge in [0.1, 0.15) is 5.82 Å². The highest BCUT2D eigenvalue weighted by atomic mass is 35.5. The second kappa shape index (κ2) is 8.77. The smallest absolute Gasteiger partial charge is 0.255 e. The van der Waals surface area contributed by atoms with E-state index in [0.29, 0.717) is 28.0 Å². The molecule has 1 aliphatic rings. The minimum Gasteiger partial charge on any atom is -0.338 e. The summed E-state index contributed by atoms with van der Waals surface area (Å²) in [7, 11) is 0. The van der Waals surface area contributed by atoms with Crippen LogP contribution in [-0.4, -0.2) is 29.0 Å². The summed E-state index contributed by atoms with van der Waals surface area (Å²) in [4.78, 5) is 21.0. The Morgan fingerprint density at radius 3 is 2.66 bits per heavy atom. The lowest BCUT2D eigenvalue weighted by molar-refractivity contribution is 0.102. The van der Waals surface area contributed by atoms with Crippen LogP contribution in [0, 0.1) is 6.92 Å². The fourth-order valence-corrected chi connectivity index (χ4v) is 4.62. The number of nitrogens with zero attached hydrogens (tertiary/aromatic N) is 1. The number of aromatic amines is 1. The molecular formula is C26H25ClN4O. The predicted molar refractivity (Wildman–Crippen MR) is 131 cm³/mol. The van der Waals surface area contributed by atoms with Crippen LogP contribution < -0.4 is 10.6 Å². The number of anilines is 1. The van der Waals surface area contributed by atoms with Gasteiger partial charge in [-0.25, -0.2) is 4.98 Å². The molecule has 32 heavy (non-hydrogen) atoms. The van der Waals surface area contributed by atoms with Gasteiger partial charge < -0.3 is 15.6 Å². The zero-order valence-corrected chi connectivity index (χ0v) is 18.7. The number of para-hydroxylation sites is 2. The van der Waals surface area contributed by atoms with Gasteiger partial charge in [0.05, 0.1) is 16.1 Å². The van der Waals surface area contributed by atoms with Crippen molar-refractivity contribution in [3.05, 3.63) is 82.4 Å². The fourth-order valence-electron chi connectivity index (χ4n) is 4.41. The number of hydrogen-bond donors (Lipinski definition) is 3. The Balaban J connectivity index is 1.38. The third-order valence-corrected chi connectivity index (χ3v) is 6.50. The van der Waals surface area contributed by atoms with E-state index in [1.54, 1.807) is 6.07 Å². The molecule has 5 rings (SSSR count). The summed E-state index contributed by atoms with van der Waals surface area (Å²) in [5.41, 5.74) is 6.23. The van der Waals surface area contributed by atoms with E-state index >= 15 is 0 Å². The van der Waals surface area contributed by atoms with E-state index in [9.17, 15) is 4.79 Å². The molecule has 1 fully saturated rings. The first kappa shape index (κ1) is 20.7. The minimum absolute atomic E-state index is 0.128. The van der Waals surface area contributed by atoms with E-state index in [1.807, 2.05) is 49.4 Å². The number of piperidine rings is 1. The third-order valence-electron chi connectivity index (χ3n) is 6.17. The molecule has 0 saturated carbocycles. The summed E-state index contributed by atoms with van der Waals surface area (Å²) in [6.45, 7) is 4.10. The molecule has 1 aromatic heterocycles. The molecule has 0 unspecified atom stereocenters. The molecule has 2 heterocycles. The van der Waals surface area contributed by atoms with Crippen LogP contribution in [0.2, 0.25) is 5.02 Å². The minimum atomic E-state index is -0.128. The van der Waals surface area contributed by atoms with Crippen molar-refractivity contribution in [3.63, 3.8) is 0 Å². The van der Waals surface area contributed by atoms with E-state index in [4.69, 9.17) is 11.6 Å². The molecule has 0 radical (unpaired) electrons. The highest BCUT2D eigenvalue weighted by molar-refractivity contribution is 6.33. The van der Waals surface area contributed by atoms with Crippen LogP contribution in [0.15, 0.2) is 60.7 Å². The second-order valence-electron chi connectivity index (χ2n) is 8.35. The number of benzene rings is 3. The molecule has 3 aromatic carbocycles. The average Bonchev–Trinajstić information content (AvgIpc) is 3.25. The fraction of sp³-hybridized carbons (Fsp3) is 0.231. The summed E-state index contributed by atoms with van der Waals surface area (Å²) in [6.07, 6.45) is 2.28. The first-order valence-electron chi connectivity index (χ1n) is 11.0. The third kappa shape index (κ3) is 4.14. The first-order valence-corrected chi connectivity index (χ1v) is 11.3. The standard InChI is InChI=1S/C26H25ClN4O/c1-16-14-18(17-10-12-28-13-11-17)6-8-20(16)26(32)29-19-7-9-22(27)21(15-19)25-30-23-4-2-3-5-24(23)31-25/h2-9,14-15,17,28H,10-13H2,1H3,(H,29,32)(H,30,31). The number of halogens is 1. The number of aromatic nitrogens is 2. The Labute approximate surface area is 192 Å². The molecule has 162 valence electrons. The average molecular weight is 445 g/mol. The first-order chi connectivity index (χ1) is 15.6. The van der Waals surface area contributed by atoms with Gasteiger partial charge in [0.15, 0.2) is 0 Å². The monoisotopic (exact) mass is 444 g/mol. The van der Waals surface area contributed by atoms with Crippen molar-refractivity contribution in [2.45, 2.75) is 25.7 Å². The lowest BCUT2D eigenvalue weighted by atomic mass is 9.88. The van der Waals surface area contributed by atoms with Crippen molar-refractivity contribution in [1.29, 1.82) is 0 Å². The SMILES string of the molecule is Cc1cc(C2CCNCC2)ccc1C(=O)Nc1ccc(Cl)c(-c2nc3ccccc3[nH]2)c1. The van der Waals surface area contributed by atoms with Crippen molar-refractivity contribution < 1.29 is 4.79 Å². The number of rotatable bonds is 4. The van der Waals surface area contributed by atoms with Crippen LogP contribution in [0.4, 0.5) is 5.69 Å². The van der Waals surface area contributed by atoms with Crippen LogP contribution in [0.5, 0.6) is 0 Å². The van der Waals surface area contributed by atoms with E-state index in [0.717, 1.165) is 48.1 Å². The molecule has 0 spiro atoms. The molecule has 1 aliphatic heterocycles. The van der Waals surface area contributed by atoms with Gasteiger partial charge in [0.2, 0.25) is 0 Å². The molecular weight excluding hydrogens is 420 g/mol. The maximum Gasteiger partial charge on any atom is 0.255 e. The zero-order valence-electron chi connectivity index (χ0n) is 17.9. The summed E-state index contributed by atoms with van der Waals surface area (Å²) in [5, 5.41) is 7.00. The van der Waals surface area contributed by atoms with Crippen molar-refractivity contribution in [1.82, 2.24) is 15.3 Å². The second-order valence-corrected chi connectivity index (χ2v) is 8.76. The van der Waals surface area contributed by atoms with Crippen molar-refractivity contribution in [2.75, 3.05) is 18.4 Å². The Kier molecular flexibility index (Phi) is 5.68. The number of carbonyl (C=O) groups is 1. The Morgan fingerprint density at radius 2 is 1.88 bits per heavy atom. The van der Waals surface area contributed by atoms with Gasteiger partial charge in [-0.2, -0.15) is 0 Å². The largest absolute Gasteiger partial charge is 0.338 e. The van der Waals surface area contributed by atoms with Crippen LogP contribution in [-0.2, 0) is 0 Å². The summed E-state index contributed by atoms with van der Waals surface area (Å²) in [6, 6.07) is 19.5. The van der Waals surface area contributed by atoms with Gasteiger partial charge in [-0.1, -0.05) is 35.9 Å². The van der Waals surface area contributed by atoms with E-state index < -0.39 is 0 Å². The zero-order chi connectivity index (χ0) is 22.1. The Morgan fingerprint density at radius 1 is 1.06 bits per heavy atom. The number of carbonyl (C=O) groups excluding carboxylic acids is 1. The number of aryl methyl sites for hydroxylation is 1. The van der Waals surface area contributed by atoms with Crippen molar-refractivity contribution in [3.8, 4) is 11.4 Å². The number of hydrogen-bond acceptors (Lipinski definition) is 3. The molecule has 4 aromatic rings. The summed E-state index contributed by atoms with van der Waals surface area (Å²) >= 11 is 6.45. The number of H-pyrrole nitrogens is 1. The molecule has 1 saturated heterocycles. The van der Waals surface area contributed by atoms with Gasteiger partial charge in [-0.15, -0.1) is 0 Å². The number of fused-ring (bicyclic) bond motifs is 1. The van der Waals surface area contributed by atoms with E-state index in [2.05, 4.69) is 32.7 Å². The summed E-state index contributed by atoms with van der Waals surface area (Å²) in [5.74, 6) is 1.11. The van der Waals surface area contributed by atoms with Crippen molar-refractivity contribution in [2.24, 2.45) is 0 Å². The van der Waals surface area contributed by atoms with Gasteiger partial charge in [0, 0.05) is 16.8 Å². The van der Waals surface area contributed by atoms with E-state index in [-0.39, 0.29) is 5.91 Å². The molecule has 0 bridgehead atoms. The highest BCUT2D eigenvalue weighted by Gasteiger charge is 2.18. The highest BCUT2D eigenvalue weighted by Crippen LogP contribution is 2.31. The quantitative estimate of drug-likeness (QED) is 0.366. The summed E-state index contributed by atoms with van der Waals surface area (Å²) < 4.78 is 0. The van der Waals surface area contributed by atoms with E-state index in [1.165, 1.54) is 5.56 Å². The number of imidazole rings is 1. The van der Waals surface area contributed by atoms with Crippen LogP contribution >= 0.6 is 11.6 Å². The molecule has 0 atom stereocenters. The molecule has 1 amide bonds. The topological polar surface area (TPSA) is 69.8 Å². The Hall–Kier alpha value is -3.15. The molecule has 6 heteroatoms. The van der Waals surface area contributed by atoms with Gasteiger partial charge in [-0.3, -0.25) is 4.79 Å². The van der Waals surface area contributed by atoms with Gasteiger partial charge in [0.25, 0.3) is 5.91 Å². The Bertz CT molecular complexity index is 1260. The maximum atomic E-state index is 13.0.